The first kappa shape index (κ1) is 22.5. The van der Waals surface area contributed by atoms with Crippen molar-refractivity contribution in [3.05, 3.63) is 24.7 Å². The summed E-state index contributed by atoms with van der Waals surface area (Å²) < 4.78 is 34.4. The monoisotopic (exact) mass is 476 g/mol. The van der Waals surface area contributed by atoms with E-state index in [4.69, 9.17) is 4.74 Å². The van der Waals surface area contributed by atoms with E-state index in [0.29, 0.717) is 32.3 Å². The quantitative estimate of drug-likeness (QED) is 0.571. The highest BCUT2D eigenvalue weighted by molar-refractivity contribution is 7.89. The van der Waals surface area contributed by atoms with E-state index >= 15 is 0 Å². The molecule has 3 aliphatic heterocycles. The average molecular weight is 477 g/mol. The molecule has 5 heterocycles. The van der Waals surface area contributed by atoms with Crippen molar-refractivity contribution in [3.8, 4) is 0 Å². The van der Waals surface area contributed by atoms with Gasteiger partial charge in [0.2, 0.25) is 0 Å². The second kappa shape index (κ2) is 9.53. The summed E-state index contributed by atoms with van der Waals surface area (Å²) in [5, 5.41) is 9.01. The van der Waals surface area contributed by atoms with Crippen LogP contribution in [0.3, 0.4) is 0 Å². The Bertz CT molecular complexity index is 1020. The van der Waals surface area contributed by atoms with Gasteiger partial charge in [-0.2, -0.15) is 4.31 Å². The van der Waals surface area contributed by atoms with Crippen molar-refractivity contribution in [3.63, 3.8) is 0 Å². The Morgan fingerprint density at radius 3 is 2.12 bits per heavy atom. The fourth-order valence-electron chi connectivity index (χ4n) is 4.70. The predicted octanol–water partition coefficient (Wildman–Crippen LogP) is 0.0220. The topological polar surface area (TPSA) is 99.9 Å². The highest BCUT2D eigenvalue weighted by atomic mass is 32.2. The molecule has 3 saturated heterocycles. The van der Waals surface area contributed by atoms with Crippen molar-refractivity contribution in [2.24, 2.45) is 7.05 Å². The number of aryl methyl sites for hydroxylation is 1. The van der Waals surface area contributed by atoms with Crippen molar-refractivity contribution in [1.82, 2.24) is 29.0 Å². The third kappa shape index (κ3) is 4.98. The van der Waals surface area contributed by atoms with Gasteiger partial charge in [-0.25, -0.2) is 13.4 Å². The Balaban J connectivity index is 1.12. The van der Waals surface area contributed by atoms with Gasteiger partial charge < -0.3 is 19.1 Å². The predicted molar refractivity (Wildman–Crippen MR) is 124 cm³/mol. The maximum Gasteiger partial charge on any atom is 0.262 e. The summed E-state index contributed by atoms with van der Waals surface area (Å²) in [5.74, 6) is 1.68. The van der Waals surface area contributed by atoms with Crippen LogP contribution in [-0.2, 0) is 21.8 Å². The van der Waals surface area contributed by atoms with Gasteiger partial charge in [0.15, 0.2) is 16.7 Å². The Kier molecular flexibility index (Phi) is 6.50. The molecule has 2 aromatic heterocycles. The maximum atomic E-state index is 12.8. The minimum atomic E-state index is -3.56. The number of nitrogens with zero attached hydrogens (tertiary/aromatic N) is 8. The van der Waals surface area contributed by atoms with Gasteiger partial charge in [-0.3, -0.25) is 4.90 Å². The first-order chi connectivity index (χ1) is 16.0. The van der Waals surface area contributed by atoms with Crippen molar-refractivity contribution >= 4 is 21.7 Å². The number of anilines is 2. The van der Waals surface area contributed by atoms with E-state index in [1.807, 2.05) is 12.1 Å². The molecular weight excluding hydrogens is 444 g/mol. The van der Waals surface area contributed by atoms with Crippen LogP contribution in [0.1, 0.15) is 12.8 Å². The van der Waals surface area contributed by atoms with Crippen LogP contribution in [0.25, 0.3) is 0 Å². The molecule has 3 fully saturated rings. The highest BCUT2D eigenvalue weighted by Crippen LogP contribution is 2.21. The number of aromatic nitrogens is 4. The van der Waals surface area contributed by atoms with Crippen LogP contribution in [0.4, 0.5) is 11.6 Å². The zero-order valence-electron chi connectivity index (χ0n) is 19.1. The molecule has 5 rings (SSSR count). The van der Waals surface area contributed by atoms with Crippen LogP contribution in [0.2, 0.25) is 0 Å². The molecule has 0 spiro atoms. The van der Waals surface area contributed by atoms with Crippen molar-refractivity contribution in [2.45, 2.75) is 24.0 Å². The third-order valence-electron chi connectivity index (χ3n) is 6.67. The normalized spacial score (nSPS) is 23.4. The van der Waals surface area contributed by atoms with Crippen LogP contribution in [0, 0.1) is 0 Å². The fourth-order valence-corrected chi connectivity index (χ4v) is 6.09. The Hall–Kier alpha value is -2.28. The first-order valence-electron chi connectivity index (χ1n) is 11.6. The Morgan fingerprint density at radius 1 is 0.970 bits per heavy atom. The zero-order valence-corrected chi connectivity index (χ0v) is 19.9. The molecule has 33 heavy (non-hydrogen) atoms. The van der Waals surface area contributed by atoms with E-state index in [-0.39, 0.29) is 5.03 Å². The van der Waals surface area contributed by atoms with E-state index in [2.05, 4.69) is 29.9 Å². The number of rotatable bonds is 6. The van der Waals surface area contributed by atoms with Gasteiger partial charge >= 0.3 is 0 Å². The molecule has 2 aromatic rings. The largest absolute Gasteiger partial charge is 0.377 e. The van der Waals surface area contributed by atoms with Crippen molar-refractivity contribution in [2.75, 3.05) is 75.3 Å². The van der Waals surface area contributed by atoms with Gasteiger partial charge in [0.1, 0.15) is 0 Å². The molecule has 1 atom stereocenters. The average Bonchev–Trinajstić information content (AvgIpc) is 3.52. The summed E-state index contributed by atoms with van der Waals surface area (Å²) in [6, 6.07) is 4.01. The van der Waals surface area contributed by atoms with E-state index in [0.717, 1.165) is 51.0 Å². The molecule has 180 valence electrons. The van der Waals surface area contributed by atoms with Crippen LogP contribution in [-0.4, -0.2) is 109 Å². The molecule has 0 bridgehead atoms. The fraction of sp³-hybridized carbons (Fsp3) is 0.667. The number of piperazine rings is 2. The first-order valence-corrected chi connectivity index (χ1v) is 13.1. The van der Waals surface area contributed by atoms with Crippen LogP contribution < -0.4 is 9.80 Å². The number of sulfonamides is 1. The SMILES string of the molecule is Cn1cnc(S(=O)(=O)N2CCN(c3ccc(N4CCN(CC5CCCO5)CC4)nn3)CC2)c1. The van der Waals surface area contributed by atoms with Crippen LogP contribution >= 0.6 is 0 Å². The van der Waals surface area contributed by atoms with E-state index < -0.39 is 10.0 Å². The molecule has 11 nitrogen and oxygen atoms in total. The molecule has 0 aliphatic carbocycles. The summed E-state index contributed by atoms with van der Waals surface area (Å²) in [4.78, 5) is 10.8. The standard InChI is InChI=1S/C21H32N8O3S/c1-25-16-21(22-17-25)33(30,31)29-12-10-28(11-13-29)20-5-4-19(23-24-20)27-8-6-26(7-9-27)15-18-3-2-14-32-18/h4-5,16-18H,2-3,6-15H2,1H3. The third-order valence-corrected chi connectivity index (χ3v) is 8.45. The minimum absolute atomic E-state index is 0.0958. The summed E-state index contributed by atoms with van der Waals surface area (Å²) in [7, 11) is -1.80. The lowest BCUT2D eigenvalue weighted by atomic mass is 10.2. The summed E-state index contributed by atoms with van der Waals surface area (Å²) in [6.45, 7) is 7.76. The minimum Gasteiger partial charge on any atom is -0.377 e. The highest BCUT2D eigenvalue weighted by Gasteiger charge is 2.31. The van der Waals surface area contributed by atoms with Gasteiger partial charge in [-0.1, -0.05) is 0 Å². The number of hydrogen-bond acceptors (Lipinski definition) is 9. The molecule has 0 saturated carbocycles. The van der Waals surface area contributed by atoms with Crippen molar-refractivity contribution in [1.29, 1.82) is 0 Å². The maximum absolute atomic E-state index is 12.8. The number of ether oxygens (including phenoxy) is 1. The molecule has 1 unspecified atom stereocenters. The summed E-state index contributed by atoms with van der Waals surface area (Å²) in [6.07, 6.45) is 5.80. The zero-order chi connectivity index (χ0) is 22.8. The Labute approximate surface area is 195 Å². The van der Waals surface area contributed by atoms with Crippen molar-refractivity contribution < 1.29 is 13.2 Å². The number of hydrogen-bond donors (Lipinski definition) is 0. The van der Waals surface area contributed by atoms with Gasteiger partial charge in [-0.05, 0) is 25.0 Å². The molecular formula is C21H32N8O3S. The summed E-state index contributed by atoms with van der Waals surface area (Å²) in [5.41, 5.74) is 0. The van der Waals surface area contributed by atoms with Gasteiger partial charge in [0.05, 0.1) is 12.4 Å². The lowest BCUT2D eigenvalue weighted by Gasteiger charge is -2.36. The van der Waals surface area contributed by atoms with Crippen LogP contribution in [0.5, 0.6) is 0 Å². The molecule has 0 radical (unpaired) electrons. The second-order valence-corrected chi connectivity index (χ2v) is 10.8. The smallest absolute Gasteiger partial charge is 0.262 e. The van der Waals surface area contributed by atoms with E-state index in [1.54, 1.807) is 11.6 Å². The van der Waals surface area contributed by atoms with Gasteiger partial charge in [0.25, 0.3) is 10.0 Å². The molecule has 0 amide bonds. The molecule has 3 aliphatic rings. The molecule has 0 N–H and O–H groups in total. The lowest BCUT2D eigenvalue weighted by Crippen LogP contribution is -2.49. The van der Waals surface area contributed by atoms with Gasteiger partial charge in [-0.15, -0.1) is 10.2 Å². The number of imidazole rings is 1. The lowest BCUT2D eigenvalue weighted by molar-refractivity contribution is 0.0712. The van der Waals surface area contributed by atoms with Gasteiger partial charge in [0, 0.05) is 78.8 Å². The van der Waals surface area contributed by atoms with E-state index in [1.165, 1.54) is 29.7 Å². The Morgan fingerprint density at radius 2 is 1.61 bits per heavy atom. The second-order valence-electron chi connectivity index (χ2n) is 8.94. The molecule has 0 aromatic carbocycles. The summed E-state index contributed by atoms with van der Waals surface area (Å²) >= 11 is 0. The molecule has 12 heteroatoms. The van der Waals surface area contributed by atoms with E-state index in [9.17, 15) is 8.42 Å². The van der Waals surface area contributed by atoms with Crippen LogP contribution in [0.15, 0.2) is 29.7 Å².